The monoisotopic (exact) mass is 367 g/mol. The van der Waals surface area contributed by atoms with E-state index in [2.05, 4.69) is 15.0 Å². The molecule has 2 N–H and O–H groups in total. The Bertz CT molecular complexity index is 798. The first-order valence-corrected chi connectivity index (χ1v) is 9.92. The molecule has 8 heteroatoms. The van der Waals surface area contributed by atoms with Gasteiger partial charge in [-0.05, 0) is 45.0 Å². The molecule has 1 atom stereocenters. The summed E-state index contributed by atoms with van der Waals surface area (Å²) in [5.41, 5.74) is 1.78. The minimum atomic E-state index is -3.43. The number of aryl methyl sites for hydroxylation is 2. The van der Waals surface area contributed by atoms with E-state index in [0.29, 0.717) is 12.8 Å². The Hall–Kier alpha value is -1.77. The van der Waals surface area contributed by atoms with E-state index in [-0.39, 0.29) is 16.8 Å². The van der Waals surface area contributed by atoms with Crippen molar-refractivity contribution in [3.05, 3.63) is 45.9 Å². The first-order chi connectivity index (χ1) is 11.3. The van der Waals surface area contributed by atoms with Crippen LogP contribution in [0.2, 0.25) is 0 Å². The van der Waals surface area contributed by atoms with Gasteiger partial charge in [0.05, 0.1) is 21.6 Å². The van der Waals surface area contributed by atoms with Gasteiger partial charge in [-0.1, -0.05) is 12.1 Å². The molecule has 2 rings (SSSR count). The van der Waals surface area contributed by atoms with Gasteiger partial charge in [0.25, 0.3) is 0 Å². The molecule has 2 aromatic rings. The van der Waals surface area contributed by atoms with Gasteiger partial charge in [0.1, 0.15) is 0 Å². The van der Waals surface area contributed by atoms with E-state index < -0.39 is 10.0 Å². The molecule has 0 bridgehead atoms. The van der Waals surface area contributed by atoms with E-state index in [4.69, 9.17) is 0 Å². The highest BCUT2D eigenvalue weighted by Gasteiger charge is 2.13. The number of hydrogen-bond acceptors (Lipinski definition) is 5. The zero-order valence-corrected chi connectivity index (χ0v) is 15.5. The smallest absolute Gasteiger partial charge is 0.240 e. The van der Waals surface area contributed by atoms with Crippen molar-refractivity contribution >= 4 is 27.3 Å². The zero-order valence-electron chi connectivity index (χ0n) is 13.9. The molecule has 1 unspecified atom stereocenters. The van der Waals surface area contributed by atoms with Crippen LogP contribution in [0, 0.1) is 6.92 Å². The van der Waals surface area contributed by atoms with E-state index >= 15 is 0 Å². The number of benzene rings is 1. The van der Waals surface area contributed by atoms with Gasteiger partial charge in [-0.2, -0.15) is 0 Å². The van der Waals surface area contributed by atoms with E-state index in [9.17, 15) is 13.2 Å². The molecular formula is C16H21N3O3S2. The Morgan fingerprint density at radius 3 is 2.50 bits per heavy atom. The van der Waals surface area contributed by atoms with Crippen molar-refractivity contribution in [2.24, 2.45) is 0 Å². The summed E-state index contributed by atoms with van der Waals surface area (Å²) in [5.74, 6) is -0.0555. The molecule has 0 aliphatic carbocycles. The van der Waals surface area contributed by atoms with Gasteiger partial charge in [-0.25, -0.2) is 18.1 Å². The lowest BCUT2D eigenvalue weighted by atomic mass is 10.1. The molecule has 0 saturated carbocycles. The maximum absolute atomic E-state index is 12.0. The molecule has 6 nitrogen and oxygen atoms in total. The fourth-order valence-corrected chi connectivity index (χ4v) is 3.61. The van der Waals surface area contributed by atoms with Gasteiger partial charge in [0.2, 0.25) is 15.9 Å². The molecule has 0 radical (unpaired) electrons. The van der Waals surface area contributed by atoms with Crippen LogP contribution in [0.5, 0.6) is 0 Å². The molecule has 0 aliphatic heterocycles. The Morgan fingerprint density at radius 1 is 1.29 bits per heavy atom. The van der Waals surface area contributed by atoms with Gasteiger partial charge < -0.3 is 5.32 Å². The van der Waals surface area contributed by atoms with Crippen molar-refractivity contribution in [1.29, 1.82) is 0 Å². The summed E-state index contributed by atoms with van der Waals surface area (Å²) in [5, 5.41) is 5.84. The molecule has 24 heavy (non-hydrogen) atoms. The minimum Gasteiger partial charge on any atom is -0.348 e. The highest BCUT2D eigenvalue weighted by atomic mass is 32.2. The van der Waals surface area contributed by atoms with Crippen molar-refractivity contribution in [3.63, 3.8) is 0 Å². The predicted octanol–water partition coefficient (Wildman–Crippen LogP) is 2.17. The fourth-order valence-electron chi connectivity index (χ4n) is 2.18. The molecule has 1 heterocycles. The fraction of sp³-hybridized carbons (Fsp3) is 0.375. The summed E-state index contributed by atoms with van der Waals surface area (Å²) in [6.45, 7) is 3.84. The highest BCUT2D eigenvalue weighted by molar-refractivity contribution is 7.89. The van der Waals surface area contributed by atoms with Gasteiger partial charge in [0, 0.05) is 11.8 Å². The van der Waals surface area contributed by atoms with Crippen LogP contribution in [-0.2, 0) is 21.2 Å². The van der Waals surface area contributed by atoms with Crippen LogP contribution in [-0.4, -0.2) is 26.4 Å². The summed E-state index contributed by atoms with van der Waals surface area (Å²) in [4.78, 5) is 16.6. The number of hydrogen-bond donors (Lipinski definition) is 2. The second kappa shape index (κ2) is 7.87. The predicted molar refractivity (Wildman–Crippen MR) is 94.4 cm³/mol. The Balaban J connectivity index is 1.87. The second-order valence-corrected chi connectivity index (χ2v) is 8.38. The average molecular weight is 367 g/mol. The maximum atomic E-state index is 12.0. The normalized spacial score (nSPS) is 12.8. The van der Waals surface area contributed by atoms with Crippen LogP contribution in [0.1, 0.15) is 35.7 Å². The lowest BCUT2D eigenvalue weighted by Gasteiger charge is -2.11. The third-order valence-electron chi connectivity index (χ3n) is 3.60. The quantitative estimate of drug-likeness (QED) is 0.785. The van der Waals surface area contributed by atoms with Crippen molar-refractivity contribution in [2.75, 3.05) is 7.05 Å². The van der Waals surface area contributed by atoms with E-state index in [1.54, 1.807) is 35.6 Å². The highest BCUT2D eigenvalue weighted by Crippen LogP contribution is 2.16. The Kier molecular flexibility index (Phi) is 6.09. The van der Waals surface area contributed by atoms with Crippen molar-refractivity contribution < 1.29 is 13.2 Å². The van der Waals surface area contributed by atoms with Gasteiger partial charge >= 0.3 is 0 Å². The van der Waals surface area contributed by atoms with Gasteiger partial charge in [0.15, 0.2) is 0 Å². The summed E-state index contributed by atoms with van der Waals surface area (Å²) >= 11 is 1.56. The van der Waals surface area contributed by atoms with Gasteiger partial charge in [-0.15, -0.1) is 11.3 Å². The Labute approximate surface area is 146 Å². The van der Waals surface area contributed by atoms with E-state index in [0.717, 1.165) is 16.3 Å². The van der Waals surface area contributed by atoms with E-state index in [1.165, 1.54) is 7.05 Å². The van der Waals surface area contributed by atoms with Crippen LogP contribution in [0.25, 0.3) is 0 Å². The molecule has 0 fully saturated rings. The number of carbonyl (C=O) groups excluding carboxylic acids is 1. The molecule has 1 aromatic carbocycles. The number of thiazole rings is 1. The van der Waals surface area contributed by atoms with Gasteiger partial charge in [-0.3, -0.25) is 4.79 Å². The van der Waals surface area contributed by atoms with Crippen LogP contribution < -0.4 is 10.0 Å². The second-order valence-electron chi connectivity index (χ2n) is 5.43. The standard InChI is InChI=1S/C16H21N3O3S2/c1-11(15-10-23-12(2)19-15)18-16(20)9-6-13-4-7-14(8-5-13)24(21,22)17-3/h4-5,7-8,10-11,17H,6,9H2,1-3H3,(H,18,20). The molecule has 1 amide bonds. The van der Waals surface area contributed by atoms with Crippen molar-refractivity contribution in [2.45, 2.75) is 37.6 Å². The molecule has 0 aliphatic rings. The van der Waals surface area contributed by atoms with Crippen molar-refractivity contribution in [3.8, 4) is 0 Å². The van der Waals surface area contributed by atoms with Crippen LogP contribution in [0.4, 0.5) is 0 Å². The topological polar surface area (TPSA) is 88.2 Å². The molecular weight excluding hydrogens is 346 g/mol. The molecule has 0 saturated heterocycles. The zero-order chi connectivity index (χ0) is 17.7. The first kappa shape index (κ1) is 18.6. The average Bonchev–Trinajstić information content (AvgIpc) is 3.00. The Morgan fingerprint density at radius 2 is 1.96 bits per heavy atom. The first-order valence-electron chi connectivity index (χ1n) is 7.55. The molecule has 1 aromatic heterocycles. The third-order valence-corrected chi connectivity index (χ3v) is 5.82. The largest absolute Gasteiger partial charge is 0.348 e. The number of sulfonamides is 1. The number of carbonyl (C=O) groups is 1. The summed E-state index contributed by atoms with van der Waals surface area (Å²) in [6.07, 6.45) is 0.889. The lowest BCUT2D eigenvalue weighted by molar-refractivity contribution is -0.121. The molecule has 0 spiro atoms. The van der Waals surface area contributed by atoms with E-state index in [1.807, 2.05) is 19.2 Å². The molecule has 130 valence electrons. The number of nitrogens with zero attached hydrogens (tertiary/aromatic N) is 1. The third kappa shape index (κ3) is 4.86. The van der Waals surface area contributed by atoms with Crippen molar-refractivity contribution in [1.82, 2.24) is 15.0 Å². The maximum Gasteiger partial charge on any atom is 0.240 e. The number of aromatic nitrogens is 1. The summed E-state index contributed by atoms with van der Waals surface area (Å²) < 4.78 is 25.6. The SMILES string of the molecule is CNS(=O)(=O)c1ccc(CCC(=O)NC(C)c2csc(C)n2)cc1. The van der Waals surface area contributed by atoms with Crippen LogP contribution in [0.15, 0.2) is 34.5 Å². The number of rotatable bonds is 7. The van der Waals surface area contributed by atoms with Crippen LogP contribution in [0.3, 0.4) is 0 Å². The number of amides is 1. The summed E-state index contributed by atoms with van der Waals surface area (Å²) in [7, 11) is -2.05. The summed E-state index contributed by atoms with van der Waals surface area (Å²) in [6, 6.07) is 6.42. The van der Waals surface area contributed by atoms with Crippen LogP contribution >= 0.6 is 11.3 Å². The number of nitrogens with one attached hydrogen (secondary N) is 2. The lowest BCUT2D eigenvalue weighted by Crippen LogP contribution is -2.27. The minimum absolute atomic E-state index is 0.0555.